The van der Waals surface area contributed by atoms with Gasteiger partial charge in [-0.3, -0.25) is 9.64 Å². The number of ether oxygens (including phenoxy) is 2. The van der Waals surface area contributed by atoms with E-state index in [9.17, 15) is 17.6 Å². The highest BCUT2D eigenvalue weighted by Crippen LogP contribution is 2.45. The lowest BCUT2D eigenvalue weighted by Crippen LogP contribution is -2.58. The minimum Gasteiger partial charge on any atom is -0.461 e. The molecule has 1 N–H and O–H groups in total. The van der Waals surface area contributed by atoms with E-state index in [0.29, 0.717) is 59.3 Å². The number of pyridine rings is 1. The second-order valence-electron chi connectivity index (χ2n) is 14.1. The molecule has 0 spiro atoms. The van der Waals surface area contributed by atoms with E-state index in [4.69, 9.17) is 14.7 Å². The predicted octanol–water partition coefficient (Wildman–Crippen LogP) is 6.21. The molecular weight excluding hydrogens is 631 g/mol. The lowest BCUT2D eigenvalue weighted by atomic mass is 9.94. The molecule has 4 fully saturated rings. The Bertz CT molecular complexity index is 1960. The molecule has 4 aromatic rings. The molecule has 5 aliphatic heterocycles. The molecule has 252 valence electrons. The topological polar surface area (TPSA) is 75.6 Å². The van der Waals surface area contributed by atoms with Crippen molar-refractivity contribution in [1.82, 2.24) is 25.2 Å². The van der Waals surface area contributed by atoms with Gasteiger partial charge < -0.3 is 15.0 Å². The monoisotopic (exact) mass is 666 g/mol. The first kappa shape index (κ1) is 30.4. The summed E-state index contributed by atoms with van der Waals surface area (Å²) in [6, 6.07) is 9.16. The van der Waals surface area contributed by atoms with Gasteiger partial charge in [0.05, 0.1) is 22.7 Å². The van der Waals surface area contributed by atoms with Crippen molar-refractivity contribution in [3.8, 4) is 17.3 Å². The smallest absolute Gasteiger partial charge is 0.461 e. The van der Waals surface area contributed by atoms with Crippen LogP contribution >= 0.6 is 0 Å². The highest BCUT2D eigenvalue weighted by Gasteiger charge is 2.52. The van der Waals surface area contributed by atoms with Gasteiger partial charge in [0, 0.05) is 36.8 Å². The molecule has 2 aromatic carbocycles. The van der Waals surface area contributed by atoms with Crippen LogP contribution in [0.5, 0.6) is 6.01 Å². The second kappa shape index (κ2) is 10.9. The molecule has 0 saturated carbocycles. The SMILES string of the molecule is Cc1c(F)ccc2cccc(-c3nc4c5c(nc(OC[C@]67CCCN6C[C@@H](OC(F)(F)F)C7)nc5c3F)N3C[C@H]5CC[C@H](N5)[C@H]3CC4)c12. The van der Waals surface area contributed by atoms with Gasteiger partial charge in [-0.25, -0.2) is 13.8 Å². The van der Waals surface area contributed by atoms with Crippen molar-refractivity contribution < 1.29 is 31.4 Å². The summed E-state index contributed by atoms with van der Waals surface area (Å²) >= 11 is 0. The molecular formula is C35H35F5N6O2. The van der Waals surface area contributed by atoms with Crippen LogP contribution in [0.3, 0.4) is 0 Å². The van der Waals surface area contributed by atoms with Crippen LogP contribution in [0.1, 0.15) is 49.8 Å². The fraction of sp³-hybridized carbons (Fsp3) is 0.514. The molecule has 13 heteroatoms. The fourth-order valence-corrected chi connectivity index (χ4v) is 9.28. The zero-order valence-corrected chi connectivity index (χ0v) is 26.4. The molecule has 5 aliphatic rings. The van der Waals surface area contributed by atoms with Crippen molar-refractivity contribution in [2.24, 2.45) is 0 Å². The maximum Gasteiger partial charge on any atom is 0.522 e. The molecule has 2 aromatic heterocycles. The number of halogens is 5. The number of hydrogen-bond donors (Lipinski definition) is 1. The first-order valence-corrected chi connectivity index (χ1v) is 16.8. The highest BCUT2D eigenvalue weighted by atomic mass is 19.4. The van der Waals surface area contributed by atoms with E-state index in [2.05, 4.69) is 19.9 Å². The zero-order chi connectivity index (χ0) is 32.9. The van der Waals surface area contributed by atoms with Crippen molar-refractivity contribution >= 4 is 27.5 Å². The van der Waals surface area contributed by atoms with Crippen LogP contribution < -0.4 is 15.0 Å². The van der Waals surface area contributed by atoms with Crippen molar-refractivity contribution in [3.05, 3.63) is 53.2 Å². The summed E-state index contributed by atoms with van der Waals surface area (Å²) < 4.78 is 82.0. The Balaban J connectivity index is 1.17. The zero-order valence-electron chi connectivity index (χ0n) is 26.4. The summed E-state index contributed by atoms with van der Waals surface area (Å²) in [5.74, 6) is -0.450. The lowest BCUT2D eigenvalue weighted by Gasteiger charge is -2.41. The average Bonchev–Trinajstić information content (AvgIpc) is 3.69. The van der Waals surface area contributed by atoms with Gasteiger partial charge in [-0.15, -0.1) is 13.2 Å². The lowest BCUT2D eigenvalue weighted by molar-refractivity contribution is -0.340. The van der Waals surface area contributed by atoms with E-state index in [0.717, 1.165) is 31.1 Å². The number of piperazine rings is 1. The summed E-state index contributed by atoms with van der Waals surface area (Å²) in [6.45, 7) is 3.25. The van der Waals surface area contributed by atoms with Gasteiger partial charge in [-0.05, 0) is 80.8 Å². The summed E-state index contributed by atoms with van der Waals surface area (Å²) in [5, 5.41) is 5.65. The predicted molar refractivity (Wildman–Crippen MR) is 169 cm³/mol. The minimum atomic E-state index is -4.72. The molecule has 9 rings (SSSR count). The molecule has 7 heterocycles. The normalized spacial score (nSPS) is 28.2. The number of aromatic nitrogens is 3. The maximum absolute atomic E-state index is 17.0. The molecule has 2 bridgehead atoms. The molecule has 5 atom stereocenters. The number of anilines is 1. The van der Waals surface area contributed by atoms with Crippen LogP contribution in [0, 0.1) is 18.6 Å². The summed E-state index contributed by atoms with van der Waals surface area (Å²) in [5.41, 5.74) is 1.09. The van der Waals surface area contributed by atoms with Crippen molar-refractivity contribution in [2.75, 3.05) is 31.1 Å². The molecule has 48 heavy (non-hydrogen) atoms. The van der Waals surface area contributed by atoms with Crippen LogP contribution in [0.15, 0.2) is 30.3 Å². The van der Waals surface area contributed by atoms with Gasteiger partial charge in [0.25, 0.3) is 0 Å². The molecule has 4 saturated heterocycles. The Hall–Kier alpha value is -3.68. The quantitative estimate of drug-likeness (QED) is 0.252. The van der Waals surface area contributed by atoms with Crippen LogP contribution in [-0.2, 0) is 11.2 Å². The number of fused-ring (bicyclic) bond motifs is 7. The van der Waals surface area contributed by atoms with Gasteiger partial charge in [0.2, 0.25) is 0 Å². The second-order valence-corrected chi connectivity index (χ2v) is 14.1. The standard InChI is InChI=1S/C35H35F5N6O2/c1-18-23(36)8-6-19-4-2-5-22(27(18)19)30-29(37)31-28-25(42-30)10-11-26-24-9-7-20(41-24)15-46(26)32(28)44-33(43-31)47-17-34-12-3-13-45(34)16-21(14-34)48-35(38,39)40/h2,4-6,8,20-21,24,26,41H,3,7,9-17H2,1H3/t20-,21+,24+,26-,34-/m1/s1. The van der Waals surface area contributed by atoms with Crippen LogP contribution in [-0.4, -0.2) is 82.2 Å². The third-order valence-corrected chi connectivity index (χ3v) is 11.4. The third kappa shape index (κ3) is 4.83. The largest absolute Gasteiger partial charge is 0.522 e. The number of hydrogen-bond acceptors (Lipinski definition) is 8. The molecule has 8 nitrogen and oxygen atoms in total. The van der Waals surface area contributed by atoms with Crippen LogP contribution in [0.2, 0.25) is 0 Å². The van der Waals surface area contributed by atoms with Gasteiger partial charge in [0.1, 0.15) is 29.5 Å². The van der Waals surface area contributed by atoms with Gasteiger partial charge in [0.15, 0.2) is 5.82 Å². The van der Waals surface area contributed by atoms with Crippen molar-refractivity contribution in [1.29, 1.82) is 0 Å². The molecule has 0 unspecified atom stereocenters. The van der Waals surface area contributed by atoms with E-state index in [1.165, 1.54) is 6.07 Å². The van der Waals surface area contributed by atoms with E-state index in [1.807, 2.05) is 17.0 Å². The third-order valence-electron chi connectivity index (χ3n) is 11.4. The van der Waals surface area contributed by atoms with E-state index in [-0.39, 0.29) is 60.7 Å². The van der Waals surface area contributed by atoms with E-state index in [1.54, 1.807) is 19.1 Å². The number of aryl methyl sites for hydroxylation is 2. The van der Waals surface area contributed by atoms with Crippen LogP contribution in [0.25, 0.3) is 32.9 Å². The fourth-order valence-electron chi connectivity index (χ4n) is 9.28. The number of benzene rings is 2. The van der Waals surface area contributed by atoms with Crippen molar-refractivity contribution in [2.45, 2.75) is 88.0 Å². The maximum atomic E-state index is 17.0. The van der Waals surface area contributed by atoms with Crippen molar-refractivity contribution in [3.63, 3.8) is 0 Å². The summed E-state index contributed by atoms with van der Waals surface area (Å²) in [6.07, 6.45) is -0.614. The molecule has 0 radical (unpaired) electrons. The van der Waals surface area contributed by atoms with E-state index >= 15 is 4.39 Å². The molecule has 0 aliphatic carbocycles. The Labute approximate surface area is 273 Å². The number of nitrogens with zero attached hydrogens (tertiary/aromatic N) is 5. The van der Waals surface area contributed by atoms with Crippen LogP contribution in [0.4, 0.5) is 27.8 Å². The Kier molecular flexibility index (Phi) is 6.91. The highest BCUT2D eigenvalue weighted by molar-refractivity contribution is 6.01. The van der Waals surface area contributed by atoms with Gasteiger partial charge in [-0.2, -0.15) is 9.97 Å². The summed E-state index contributed by atoms with van der Waals surface area (Å²) in [4.78, 5) is 18.8. The van der Waals surface area contributed by atoms with Gasteiger partial charge in [-0.1, -0.05) is 24.3 Å². The van der Waals surface area contributed by atoms with E-state index < -0.39 is 23.8 Å². The Morgan fingerprint density at radius 3 is 2.75 bits per heavy atom. The Morgan fingerprint density at radius 2 is 1.90 bits per heavy atom. The molecule has 0 amide bonds. The first-order chi connectivity index (χ1) is 23.1. The number of rotatable bonds is 5. The summed E-state index contributed by atoms with van der Waals surface area (Å²) in [7, 11) is 0. The van der Waals surface area contributed by atoms with Gasteiger partial charge >= 0.3 is 12.4 Å². The Morgan fingerprint density at radius 1 is 1.02 bits per heavy atom. The number of nitrogens with one attached hydrogen (secondary N) is 1. The average molecular weight is 667 g/mol. The number of alkyl halides is 3. The minimum absolute atomic E-state index is 0.0208. The first-order valence-electron chi connectivity index (χ1n) is 16.8.